The molecule has 5 nitrogen and oxygen atoms in total. The van der Waals surface area contributed by atoms with Crippen LogP contribution in [0.1, 0.15) is 48.9 Å². The molecule has 2 atom stereocenters. The molecule has 27 heavy (non-hydrogen) atoms. The fourth-order valence-electron chi connectivity index (χ4n) is 5.77. The normalized spacial score (nSPS) is 34.7. The third kappa shape index (κ3) is 4.31. The minimum atomic E-state index is -3.31. The lowest BCUT2D eigenvalue weighted by Gasteiger charge is -2.60. The molecule has 148 valence electrons. The molecule has 0 amide bonds. The van der Waals surface area contributed by atoms with Crippen molar-refractivity contribution in [2.24, 2.45) is 11.8 Å². The van der Waals surface area contributed by atoms with Gasteiger partial charge in [-0.1, -0.05) is 0 Å². The average Bonchev–Trinajstić information content (AvgIpc) is 2.46. The van der Waals surface area contributed by atoms with Crippen LogP contribution in [0.25, 0.3) is 0 Å². The van der Waals surface area contributed by atoms with Crippen molar-refractivity contribution < 1.29 is 17.9 Å². The van der Waals surface area contributed by atoms with Crippen molar-refractivity contribution in [2.45, 2.75) is 49.7 Å². The maximum atomic E-state index is 13.1. The Kier molecular flexibility index (Phi) is 5.60. The molecular weight excluding hydrogens is 707 g/mol. The standard InChI is InChI=1S/C18H20I3NO4S/c1-27(24,25)22-17-5-10-2-11(6-17)8-18(7-10,9-17)26-16(23)13-3-12(19)4-14(20)15(13)21/h3-4,10-11,22H,2,5-9H2,1H3. The summed E-state index contributed by atoms with van der Waals surface area (Å²) >= 11 is 6.65. The summed E-state index contributed by atoms with van der Waals surface area (Å²) in [5, 5.41) is 0. The van der Waals surface area contributed by atoms with Crippen LogP contribution in [-0.4, -0.2) is 31.8 Å². The van der Waals surface area contributed by atoms with Crippen LogP contribution >= 0.6 is 67.8 Å². The molecule has 9 heteroatoms. The fraction of sp³-hybridized carbons (Fsp3) is 0.611. The fourth-order valence-corrected chi connectivity index (χ4v) is 9.17. The number of esters is 1. The van der Waals surface area contributed by atoms with Crippen LogP contribution < -0.4 is 4.72 Å². The summed E-state index contributed by atoms with van der Waals surface area (Å²) in [6, 6.07) is 3.91. The first-order valence-electron chi connectivity index (χ1n) is 8.85. The second kappa shape index (κ2) is 7.19. The van der Waals surface area contributed by atoms with Gasteiger partial charge >= 0.3 is 5.97 Å². The number of carbonyl (C=O) groups is 1. The molecule has 4 aliphatic carbocycles. The zero-order valence-electron chi connectivity index (χ0n) is 14.7. The SMILES string of the molecule is CS(=O)(=O)NC12CC3CC(C1)CC(OC(=O)c1cc(I)cc(I)c1I)(C3)C2. The number of nitrogens with one attached hydrogen (secondary N) is 1. The van der Waals surface area contributed by atoms with Gasteiger partial charge in [0.15, 0.2) is 0 Å². The number of ether oxygens (including phenoxy) is 1. The minimum absolute atomic E-state index is 0.285. The lowest BCUT2D eigenvalue weighted by molar-refractivity contribution is -0.142. The van der Waals surface area contributed by atoms with Gasteiger partial charge in [-0.3, -0.25) is 0 Å². The van der Waals surface area contributed by atoms with Gasteiger partial charge in [0.2, 0.25) is 10.0 Å². The first-order valence-corrected chi connectivity index (χ1v) is 14.0. The van der Waals surface area contributed by atoms with Crippen molar-refractivity contribution in [3.63, 3.8) is 0 Å². The topological polar surface area (TPSA) is 72.5 Å². The molecule has 0 aliphatic heterocycles. The molecule has 2 unspecified atom stereocenters. The summed E-state index contributed by atoms with van der Waals surface area (Å²) in [5.74, 6) is 0.555. The summed E-state index contributed by atoms with van der Waals surface area (Å²) in [6.07, 6.45) is 6.33. The van der Waals surface area contributed by atoms with Crippen LogP contribution in [0.5, 0.6) is 0 Å². The maximum Gasteiger partial charge on any atom is 0.339 e. The van der Waals surface area contributed by atoms with Crippen LogP contribution in [-0.2, 0) is 14.8 Å². The lowest BCUT2D eigenvalue weighted by Crippen LogP contribution is -2.66. The second-order valence-corrected chi connectivity index (χ2v) is 13.7. The molecule has 4 bridgehead atoms. The van der Waals surface area contributed by atoms with Gasteiger partial charge in [-0.25, -0.2) is 17.9 Å². The largest absolute Gasteiger partial charge is 0.455 e. The van der Waals surface area contributed by atoms with E-state index in [0.717, 1.165) is 42.8 Å². The van der Waals surface area contributed by atoms with E-state index in [9.17, 15) is 13.2 Å². The van der Waals surface area contributed by atoms with Gasteiger partial charge in [0, 0.05) is 22.7 Å². The molecule has 4 aliphatic rings. The predicted molar refractivity (Wildman–Crippen MR) is 128 cm³/mol. The highest BCUT2D eigenvalue weighted by molar-refractivity contribution is 14.1. The van der Waals surface area contributed by atoms with E-state index in [-0.39, 0.29) is 5.97 Å². The Morgan fingerprint density at radius 2 is 1.78 bits per heavy atom. The number of rotatable bonds is 4. The Morgan fingerprint density at radius 3 is 2.37 bits per heavy atom. The van der Waals surface area contributed by atoms with E-state index >= 15 is 0 Å². The van der Waals surface area contributed by atoms with E-state index < -0.39 is 21.2 Å². The van der Waals surface area contributed by atoms with Crippen LogP contribution in [0.4, 0.5) is 0 Å². The van der Waals surface area contributed by atoms with E-state index in [1.165, 1.54) is 6.26 Å². The van der Waals surface area contributed by atoms with Crippen molar-refractivity contribution in [2.75, 3.05) is 6.26 Å². The number of sulfonamides is 1. The molecule has 5 rings (SSSR count). The third-order valence-corrected chi connectivity index (χ3v) is 10.4. The molecule has 0 heterocycles. The zero-order chi connectivity index (χ0) is 19.6. The molecule has 4 saturated carbocycles. The highest BCUT2D eigenvalue weighted by Crippen LogP contribution is 2.59. The molecule has 0 saturated heterocycles. The van der Waals surface area contributed by atoms with Crippen molar-refractivity contribution >= 4 is 83.8 Å². The van der Waals surface area contributed by atoms with Crippen molar-refractivity contribution in [1.82, 2.24) is 4.72 Å². The van der Waals surface area contributed by atoms with E-state index in [4.69, 9.17) is 4.74 Å². The van der Waals surface area contributed by atoms with Crippen LogP contribution in [0, 0.1) is 22.5 Å². The summed E-state index contributed by atoms with van der Waals surface area (Å²) in [7, 11) is -3.31. The Balaban J connectivity index is 1.63. The van der Waals surface area contributed by atoms with Gasteiger partial charge in [0.25, 0.3) is 0 Å². The van der Waals surface area contributed by atoms with Gasteiger partial charge in [0.1, 0.15) is 5.60 Å². The van der Waals surface area contributed by atoms with Crippen LogP contribution in [0.15, 0.2) is 12.1 Å². The summed E-state index contributed by atoms with van der Waals surface area (Å²) < 4.78 is 36.0. The van der Waals surface area contributed by atoms with Crippen molar-refractivity contribution in [1.29, 1.82) is 0 Å². The summed E-state index contributed by atoms with van der Waals surface area (Å²) in [6.45, 7) is 0. The van der Waals surface area contributed by atoms with Gasteiger partial charge in [-0.05, 0) is 124 Å². The average molecular weight is 727 g/mol. The molecule has 1 N–H and O–H groups in total. The Bertz CT molecular complexity index is 903. The minimum Gasteiger partial charge on any atom is -0.455 e. The molecule has 0 spiro atoms. The monoisotopic (exact) mass is 727 g/mol. The van der Waals surface area contributed by atoms with E-state index in [0.29, 0.717) is 23.8 Å². The maximum absolute atomic E-state index is 13.1. The summed E-state index contributed by atoms with van der Waals surface area (Å²) in [4.78, 5) is 13.1. The van der Waals surface area contributed by atoms with E-state index in [2.05, 4.69) is 72.5 Å². The van der Waals surface area contributed by atoms with Crippen molar-refractivity contribution in [3.8, 4) is 0 Å². The quantitative estimate of drug-likeness (QED) is 0.286. The van der Waals surface area contributed by atoms with Gasteiger partial charge in [0.05, 0.1) is 11.8 Å². The van der Waals surface area contributed by atoms with Gasteiger partial charge < -0.3 is 4.74 Å². The second-order valence-electron chi connectivity index (χ2n) is 8.44. The zero-order valence-corrected chi connectivity index (χ0v) is 22.0. The first kappa shape index (κ1) is 21.0. The molecule has 0 radical (unpaired) electrons. The predicted octanol–water partition coefficient (Wildman–Crippen LogP) is 4.30. The summed E-state index contributed by atoms with van der Waals surface area (Å²) in [5.41, 5.74) is -0.396. The molecule has 0 aromatic heterocycles. The first-order chi connectivity index (χ1) is 12.5. The van der Waals surface area contributed by atoms with Crippen molar-refractivity contribution in [3.05, 3.63) is 28.4 Å². The smallest absolute Gasteiger partial charge is 0.339 e. The highest BCUT2D eigenvalue weighted by Gasteiger charge is 2.60. The molecule has 4 fully saturated rings. The highest BCUT2D eigenvalue weighted by atomic mass is 127. The van der Waals surface area contributed by atoms with Gasteiger partial charge in [-0.15, -0.1) is 0 Å². The van der Waals surface area contributed by atoms with E-state index in [1.54, 1.807) is 0 Å². The number of hydrogen-bond acceptors (Lipinski definition) is 4. The Hall–Kier alpha value is 0.790. The number of hydrogen-bond donors (Lipinski definition) is 1. The molecule has 1 aromatic rings. The molecule has 1 aromatic carbocycles. The Labute approximate surface area is 200 Å². The van der Waals surface area contributed by atoms with Crippen LogP contribution in [0.3, 0.4) is 0 Å². The Morgan fingerprint density at radius 1 is 1.15 bits per heavy atom. The number of benzene rings is 1. The number of carbonyl (C=O) groups excluding carboxylic acids is 1. The van der Waals surface area contributed by atoms with Gasteiger partial charge in [-0.2, -0.15) is 0 Å². The van der Waals surface area contributed by atoms with Crippen LogP contribution in [0.2, 0.25) is 0 Å². The number of halogens is 3. The molecular formula is C18H20I3NO4S. The van der Waals surface area contributed by atoms with E-state index in [1.807, 2.05) is 12.1 Å². The third-order valence-electron chi connectivity index (χ3n) is 5.93. The lowest BCUT2D eigenvalue weighted by atomic mass is 9.51.